The fourth-order valence-electron chi connectivity index (χ4n) is 12.8. The molecule has 11 aromatic carbocycles. The Morgan fingerprint density at radius 3 is 1.50 bits per heavy atom. The molecule has 12 aromatic rings. The second-order valence-corrected chi connectivity index (χ2v) is 21.7. The number of fused-ring (bicyclic) bond motifs is 8. The molecule has 4 aliphatic rings. The molecule has 16 rings (SSSR count). The number of aromatic nitrogens is 1. The van der Waals surface area contributed by atoms with E-state index in [0.29, 0.717) is 0 Å². The normalized spacial score (nSPS) is 12.9. The third-order valence-electron chi connectivity index (χ3n) is 16.1. The highest BCUT2D eigenvalue weighted by atomic mass is 32.2. The van der Waals surface area contributed by atoms with E-state index in [0.717, 1.165) is 90.6 Å². The van der Waals surface area contributed by atoms with Gasteiger partial charge in [-0.1, -0.05) is 175 Å². The van der Waals surface area contributed by atoms with E-state index < -0.39 is 0 Å². The molecule has 0 unspecified atom stereocenters. The van der Waals surface area contributed by atoms with Gasteiger partial charge >= 0.3 is 0 Å². The molecule has 6 nitrogen and oxygen atoms in total. The Labute approximate surface area is 470 Å². The summed E-state index contributed by atoms with van der Waals surface area (Å²) in [6.07, 6.45) is 1.89. The van der Waals surface area contributed by atoms with Crippen molar-refractivity contribution in [1.29, 1.82) is 0 Å². The minimum absolute atomic E-state index is 0.0773. The van der Waals surface area contributed by atoms with Crippen molar-refractivity contribution in [2.45, 2.75) is 9.79 Å². The number of rotatable bonds is 9. The SMILES string of the molecule is c1ccc(N(c2ccccc2)c2cc3c4c(c2)N(c2ccccc2-c2ccccn2)c2cc5c(cc2B4c2ccccc2O3)B2c3ccccc3N(c3ccccc3)c3cc(N(c4ccccc4)c4ccccc4)cc(c32)S5)cc1. The van der Waals surface area contributed by atoms with Crippen LogP contribution in [0.5, 0.6) is 11.5 Å². The summed E-state index contributed by atoms with van der Waals surface area (Å²) in [7, 11) is 0. The van der Waals surface area contributed by atoms with Crippen LogP contribution in [0.4, 0.5) is 68.2 Å². The summed E-state index contributed by atoms with van der Waals surface area (Å²) in [5.74, 6) is 1.70. The molecule has 0 bridgehead atoms. The van der Waals surface area contributed by atoms with E-state index in [1.165, 1.54) is 43.0 Å². The van der Waals surface area contributed by atoms with Gasteiger partial charge in [0, 0.05) is 84.5 Å². The van der Waals surface area contributed by atoms with Crippen LogP contribution in [0.3, 0.4) is 0 Å². The molecular formula is C71H47B2N5OS. The maximum atomic E-state index is 7.24. The summed E-state index contributed by atoms with van der Waals surface area (Å²) in [4.78, 5) is 17.2. The zero-order valence-corrected chi connectivity index (χ0v) is 44.2. The number of pyridine rings is 1. The topological polar surface area (TPSA) is 35.1 Å². The molecule has 4 aliphatic heterocycles. The summed E-state index contributed by atoms with van der Waals surface area (Å²) >= 11 is 1.88. The quantitative estimate of drug-likeness (QED) is 0.133. The minimum Gasteiger partial charge on any atom is -0.458 e. The van der Waals surface area contributed by atoms with Crippen molar-refractivity contribution in [3.05, 3.63) is 285 Å². The predicted molar refractivity (Wildman–Crippen MR) is 335 cm³/mol. The van der Waals surface area contributed by atoms with Crippen molar-refractivity contribution < 1.29 is 4.74 Å². The first-order chi connectivity index (χ1) is 39.7. The van der Waals surface area contributed by atoms with Gasteiger partial charge in [0.2, 0.25) is 6.71 Å². The maximum Gasteiger partial charge on any atom is 0.256 e. The van der Waals surface area contributed by atoms with E-state index in [2.05, 4.69) is 293 Å². The first-order valence-corrected chi connectivity index (χ1v) is 28.1. The van der Waals surface area contributed by atoms with E-state index in [4.69, 9.17) is 9.72 Å². The molecule has 0 aliphatic carbocycles. The Bertz CT molecular complexity index is 4270. The average Bonchev–Trinajstić information content (AvgIpc) is 3.63. The molecule has 374 valence electrons. The van der Waals surface area contributed by atoms with Crippen molar-refractivity contribution in [3.8, 4) is 22.8 Å². The lowest BCUT2D eigenvalue weighted by molar-refractivity contribution is 0.487. The minimum atomic E-state index is -0.155. The molecule has 9 heteroatoms. The molecule has 0 spiro atoms. The van der Waals surface area contributed by atoms with Gasteiger partial charge in [-0.25, -0.2) is 0 Å². The van der Waals surface area contributed by atoms with Crippen LogP contribution >= 0.6 is 11.8 Å². The molecule has 0 saturated carbocycles. The summed E-state index contributed by atoms with van der Waals surface area (Å²) in [6.45, 7) is -0.232. The van der Waals surface area contributed by atoms with Crippen LogP contribution < -0.4 is 57.1 Å². The van der Waals surface area contributed by atoms with E-state index in [1.807, 2.05) is 24.0 Å². The average molecular weight is 1040 g/mol. The van der Waals surface area contributed by atoms with Gasteiger partial charge in [-0.3, -0.25) is 4.98 Å². The summed E-state index contributed by atoms with van der Waals surface area (Å²) in [5.41, 5.74) is 22.3. The molecule has 1 aromatic heterocycles. The Hall–Kier alpha value is -9.95. The molecule has 0 radical (unpaired) electrons. The second kappa shape index (κ2) is 18.9. The van der Waals surface area contributed by atoms with Gasteiger partial charge in [-0.2, -0.15) is 0 Å². The molecule has 0 N–H and O–H groups in total. The lowest BCUT2D eigenvalue weighted by Crippen LogP contribution is -2.63. The molecular weight excluding hydrogens is 993 g/mol. The van der Waals surface area contributed by atoms with E-state index in [-0.39, 0.29) is 13.4 Å². The number of para-hydroxylation sites is 8. The Balaban J connectivity index is 0.984. The number of ether oxygens (including phenoxy) is 1. The first-order valence-electron chi connectivity index (χ1n) is 27.3. The Kier molecular flexibility index (Phi) is 10.9. The number of nitrogens with zero attached hydrogens (tertiary/aromatic N) is 5. The lowest BCUT2D eigenvalue weighted by atomic mass is 9.31. The third kappa shape index (κ3) is 7.42. The zero-order valence-electron chi connectivity index (χ0n) is 43.3. The molecule has 0 fully saturated rings. The van der Waals surface area contributed by atoms with Gasteiger partial charge in [0.05, 0.1) is 17.1 Å². The van der Waals surface area contributed by atoms with Crippen LogP contribution in [0.15, 0.2) is 295 Å². The highest BCUT2D eigenvalue weighted by Crippen LogP contribution is 2.51. The number of anilines is 12. The van der Waals surface area contributed by atoms with E-state index >= 15 is 0 Å². The van der Waals surface area contributed by atoms with Crippen LogP contribution in [0.1, 0.15) is 0 Å². The fraction of sp³-hybridized carbons (Fsp3) is 0. The van der Waals surface area contributed by atoms with Crippen LogP contribution in [0, 0.1) is 0 Å². The van der Waals surface area contributed by atoms with E-state index in [1.54, 1.807) is 0 Å². The molecule has 0 amide bonds. The summed E-state index contributed by atoms with van der Waals surface area (Å²) < 4.78 is 7.24. The van der Waals surface area contributed by atoms with Gasteiger partial charge in [0.1, 0.15) is 11.5 Å². The monoisotopic (exact) mass is 1040 g/mol. The second-order valence-electron chi connectivity index (χ2n) is 20.6. The number of benzene rings is 11. The van der Waals surface area contributed by atoms with Crippen LogP contribution in [0.2, 0.25) is 0 Å². The van der Waals surface area contributed by atoms with Crippen molar-refractivity contribution in [2.75, 3.05) is 19.6 Å². The summed E-state index contributed by atoms with van der Waals surface area (Å²) in [6, 6.07) is 101. The van der Waals surface area contributed by atoms with Crippen LogP contribution in [-0.4, -0.2) is 18.4 Å². The highest BCUT2D eigenvalue weighted by Gasteiger charge is 2.47. The molecule has 80 heavy (non-hydrogen) atoms. The van der Waals surface area contributed by atoms with Gasteiger partial charge in [-0.05, 0) is 143 Å². The van der Waals surface area contributed by atoms with Gasteiger partial charge in [0.15, 0.2) is 0 Å². The van der Waals surface area contributed by atoms with E-state index in [9.17, 15) is 0 Å². The predicted octanol–water partition coefficient (Wildman–Crippen LogP) is 14.9. The Morgan fingerprint density at radius 1 is 0.338 bits per heavy atom. The first kappa shape index (κ1) is 46.2. The summed E-state index contributed by atoms with van der Waals surface area (Å²) in [5, 5.41) is 0. The number of hydrogen-bond acceptors (Lipinski definition) is 7. The fourth-order valence-corrected chi connectivity index (χ4v) is 14.1. The largest absolute Gasteiger partial charge is 0.458 e. The number of hydrogen-bond donors (Lipinski definition) is 0. The van der Waals surface area contributed by atoms with Crippen molar-refractivity contribution >= 4 is 126 Å². The van der Waals surface area contributed by atoms with Gasteiger partial charge < -0.3 is 24.3 Å². The van der Waals surface area contributed by atoms with Crippen molar-refractivity contribution in [1.82, 2.24) is 4.98 Å². The van der Waals surface area contributed by atoms with Crippen molar-refractivity contribution in [3.63, 3.8) is 0 Å². The molecule has 0 atom stereocenters. The zero-order chi connectivity index (χ0) is 52.7. The van der Waals surface area contributed by atoms with Crippen molar-refractivity contribution in [2.24, 2.45) is 0 Å². The third-order valence-corrected chi connectivity index (χ3v) is 17.3. The van der Waals surface area contributed by atoms with Crippen LogP contribution in [-0.2, 0) is 0 Å². The lowest BCUT2D eigenvalue weighted by Gasteiger charge is -2.44. The molecule has 0 saturated heterocycles. The standard InChI is InChI=1S/C71H47B2N5OS/c1-6-24-48(25-7-1)75(49-26-8-2-9-27-49)53-42-64-70-67(44-53)79-66-40-21-18-36-57(66)73(70)58-46-59-68(47-63(58)78(64)61-38-19-16-34-55(61)60-37-22-23-41-74-60)80-69-45-54(76(50-28-10-3-11-29-50)51-30-12-4-13-31-51)43-65-71(69)72(59)56-35-17-20-39-62(56)77(65)52-32-14-5-15-33-52/h1-47H. The Morgan fingerprint density at radius 2 is 0.863 bits per heavy atom. The molecule has 5 heterocycles. The highest BCUT2D eigenvalue weighted by molar-refractivity contribution is 8.00. The smallest absolute Gasteiger partial charge is 0.256 e. The van der Waals surface area contributed by atoms with Crippen LogP contribution in [0.25, 0.3) is 11.3 Å². The maximum absolute atomic E-state index is 7.24. The van der Waals surface area contributed by atoms with Gasteiger partial charge in [-0.15, -0.1) is 0 Å². The van der Waals surface area contributed by atoms with Gasteiger partial charge in [0.25, 0.3) is 6.71 Å².